The van der Waals surface area contributed by atoms with Gasteiger partial charge < -0.3 is 10.2 Å². The average molecular weight is 339 g/mol. The maximum Gasteiger partial charge on any atom is 0.0774 e. The minimum atomic E-state index is -0.518. The standard InChI is InChI=1S/C20H38N2O2/c1-19(2,3)16-6-9-20(24,10-7-16)15-22-14-17-5-4-11-21(17)13-18(22)8-12-23/h16-18,23-24H,4-15H2,1-3H3. The van der Waals surface area contributed by atoms with E-state index in [1.165, 1.54) is 19.4 Å². The molecule has 3 rings (SSSR count). The van der Waals surface area contributed by atoms with Gasteiger partial charge in [-0.05, 0) is 62.8 Å². The lowest BCUT2D eigenvalue weighted by molar-refractivity contribution is -0.0740. The molecule has 0 amide bonds. The van der Waals surface area contributed by atoms with E-state index in [9.17, 15) is 10.2 Å². The highest BCUT2D eigenvalue weighted by atomic mass is 16.3. The van der Waals surface area contributed by atoms with Crippen LogP contribution >= 0.6 is 0 Å². The summed E-state index contributed by atoms with van der Waals surface area (Å²) in [4.78, 5) is 5.12. The molecular formula is C20H38N2O2. The molecule has 2 heterocycles. The lowest BCUT2D eigenvalue weighted by atomic mass is 9.68. The van der Waals surface area contributed by atoms with Crippen molar-refractivity contribution in [2.75, 3.05) is 32.8 Å². The molecule has 2 unspecified atom stereocenters. The van der Waals surface area contributed by atoms with Crippen molar-refractivity contribution in [2.45, 2.75) is 83.4 Å². The molecule has 1 saturated carbocycles. The Morgan fingerprint density at radius 1 is 1.08 bits per heavy atom. The molecular weight excluding hydrogens is 300 g/mol. The fourth-order valence-electron chi connectivity index (χ4n) is 5.32. The van der Waals surface area contributed by atoms with E-state index in [2.05, 4.69) is 30.6 Å². The molecule has 4 nitrogen and oxygen atoms in total. The van der Waals surface area contributed by atoms with Crippen molar-refractivity contribution in [2.24, 2.45) is 11.3 Å². The van der Waals surface area contributed by atoms with Gasteiger partial charge in [-0.25, -0.2) is 0 Å². The third-order valence-electron chi connectivity index (χ3n) is 7.01. The van der Waals surface area contributed by atoms with Gasteiger partial charge in [-0.15, -0.1) is 0 Å². The number of nitrogens with zero attached hydrogens (tertiary/aromatic N) is 2. The lowest BCUT2D eigenvalue weighted by Gasteiger charge is -2.48. The Bertz CT molecular complexity index is 412. The second-order valence-electron chi connectivity index (χ2n) is 9.75. The van der Waals surface area contributed by atoms with Gasteiger partial charge >= 0.3 is 0 Å². The Hall–Kier alpha value is -0.160. The molecule has 0 bridgehead atoms. The van der Waals surface area contributed by atoms with Crippen molar-refractivity contribution in [1.29, 1.82) is 0 Å². The monoisotopic (exact) mass is 338 g/mol. The van der Waals surface area contributed by atoms with Crippen molar-refractivity contribution in [3.63, 3.8) is 0 Å². The minimum Gasteiger partial charge on any atom is -0.396 e. The Labute approximate surface area is 148 Å². The van der Waals surface area contributed by atoms with Gasteiger partial charge in [-0.2, -0.15) is 0 Å². The third kappa shape index (κ3) is 4.14. The van der Waals surface area contributed by atoms with Crippen LogP contribution in [0, 0.1) is 11.3 Å². The third-order valence-corrected chi connectivity index (χ3v) is 7.01. The summed E-state index contributed by atoms with van der Waals surface area (Å²) in [5.41, 5.74) is -0.160. The number of fused-ring (bicyclic) bond motifs is 1. The Kier molecular flexibility index (Phi) is 5.60. The first kappa shape index (κ1) is 18.6. The number of aliphatic hydroxyl groups excluding tert-OH is 1. The van der Waals surface area contributed by atoms with Crippen molar-refractivity contribution in [3.05, 3.63) is 0 Å². The lowest BCUT2D eigenvalue weighted by Crippen LogP contribution is -2.60. The van der Waals surface area contributed by atoms with Crippen molar-refractivity contribution in [1.82, 2.24) is 9.80 Å². The molecule has 0 spiro atoms. The van der Waals surface area contributed by atoms with Gasteiger partial charge in [0.1, 0.15) is 0 Å². The molecule has 2 aliphatic heterocycles. The smallest absolute Gasteiger partial charge is 0.0774 e. The first-order valence-electron chi connectivity index (χ1n) is 10.1. The van der Waals surface area contributed by atoms with Gasteiger partial charge in [-0.3, -0.25) is 9.80 Å². The van der Waals surface area contributed by atoms with Crippen LogP contribution in [0.4, 0.5) is 0 Å². The fraction of sp³-hybridized carbons (Fsp3) is 1.00. The molecule has 140 valence electrons. The zero-order chi connectivity index (χ0) is 17.4. The van der Waals surface area contributed by atoms with Gasteiger partial charge in [-0.1, -0.05) is 20.8 Å². The highest BCUT2D eigenvalue weighted by molar-refractivity contribution is 4.97. The molecule has 0 aromatic heterocycles. The highest BCUT2D eigenvalue weighted by Crippen LogP contribution is 2.42. The van der Waals surface area contributed by atoms with Crippen LogP contribution in [0.2, 0.25) is 0 Å². The summed E-state index contributed by atoms with van der Waals surface area (Å²) in [6.07, 6.45) is 7.61. The molecule has 3 aliphatic rings. The average Bonchev–Trinajstić information content (AvgIpc) is 2.94. The summed E-state index contributed by atoms with van der Waals surface area (Å²) < 4.78 is 0. The highest BCUT2D eigenvalue weighted by Gasteiger charge is 2.42. The number of piperazine rings is 1. The maximum absolute atomic E-state index is 11.2. The summed E-state index contributed by atoms with van der Waals surface area (Å²) in [6, 6.07) is 1.09. The SMILES string of the molecule is CC(C)(C)C1CCC(O)(CN2CC3CCCN3CC2CCO)CC1. The molecule has 2 saturated heterocycles. The molecule has 24 heavy (non-hydrogen) atoms. The van der Waals surface area contributed by atoms with Crippen molar-refractivity contribution < 1.29 is 10.2 Å². The Balaban J connectivity index is 1.60. The second-order valence-corrected chi connectivity index (χ2v) is 9.75. The van der Waals surface area contributed by atoms with Crippen LogP contribution in [0.15, 0.2) is 0 Å². The molecule has 0 radical (unpaired) electrons. The van der Waals surface area contributed by atoms with Crippen LogP contribution in [0.25, 0.3) is 0 Å². The number of aliphatic hydroxyl groups is 2. The quantitative estimate of drug-likeness (QED) is 0.827. The number of rotatable bonds is 4. The van der Waals surface area contributed by atoms with Crippen molar-refractivity contribution in [3.8, 4) is 0 Å². The topological polar surface area (TPSA) is 46.9 Å². The predicted molar refractivity (Wildman–Crippen MR) is 98.0 cm³/mol. The molecule has 4 heteroatoms. The molecule has 1 aliphatic carbocycles. The predicted octanol–water partition coefficient (Wildman–Crippen LogP) is 2.48. The van der Waals surface area contributed by atoms with E-state index >= 15 is 0 Å². The normalized spacial score (nSPS) is 39.1. The van der Waals surface area contributed by atoms with Gasteiger partial charge in [0, 0.05) is 38.3 Å². The maximum atomic E-state index is 11.2. The van der Waals surface area contributed by atoms with E-state index in [1.807, 2.05) is 0 Å². The van der Waals surface area contributed by atoms with Gasteiger partial charge in [0.05, 0.1) is 5.60 Å². The van der Waals surface area contributed by atoms with Crippen LogP contribution in [-0.2, 0) is 0 Å². The van der Waals surface area contributed by atoms with E-state index in [-0.39, 0.29) is 6.61 Å². The van der Waals surface area contributed by atoms with E-state index in [0.29, 0.717) is 17.5 Å². The fourth-order valence-corrected chi connectivity index (χ4v) is 5.32. The molecule has 2 atom stereocenters. The summed E-state index contributed by atoms with van der Waals surface area (Å²) >= 11 is 0. The van der Waals surface area contributed by atoms with Crippen LogP contribution in [0.1, 0.15) is 65.7 Å². The largest absolute Gasteiger partial charge is 0.396 e. The number of hydrogen-bond acceptors (Lipinski definition) is 4. The van der Waals surface area contributed by atoms with E-state index < -0.39 is 5.60 Å². The zero-order valence-electron chi connectivity index (χ0n) is 16.0. The van der Waals surface area contributed by atoms with Crippen molar-refractivity contribution >= 4 is 0 Å². The first-order chi connectivity index (χ1) is 11.3. The van der Waals surface area contributed by atoms with Crippen LogP contribution < -0.4 is 0 Å². The molecule has 0 aromatic carbocycles. The zero-order valence-corrected chi connectivity index (χ0v) is 16.0. The van der Waals surface area contributed by atoms with Gasteiger partial charge in [0.2, 0.25) is 0 Å². The van der Waals surface area contributed by atoms with E-state index in [1.54, 1.807) is 0 Å². The van der Waals surface area contributed by atoms with Gasteiger partial charge in [0.15, 0.2) is 0 Å². The number of β-amino-alcohol motifs (C(OH)–C–C–N with tert-alkyl or cyclic N) is 1. The molecule has 0 aromatic rings. The number of hydrogen-bond donors (Lipinski definition) is 2. The molecule has 2 N–H and O–H groups in total. The first-order valence-corrected chi connectivity index (χ1v) is 10.1. The molecule has 3 fully saturated rings. The summed E-state index contributed by atoms with van der Waals surface area (Å²) in [6.45, 7) is 11.4. The van der Waals surface area contributed by atoms with E-state index in [4.69, 9.17) is 0 Å². The minimum absolute atomic E-state index is 0.254. The summed E-state index contributed by atoms with van der Waals surface area (Å²) in [7, 11) is 0. The summed E-state index contributed by atoms with van der Waals surface area (Å²) in [5.74, 6) is 0.734. The van der Waals surface area contributed by atoms with Crippen LogP contribution in [0.3, 0.4) is 0 Å². The van der Waals surface area contributed by atoms with Gasteiger partial charge in [0.25, 0.3) is 0 Å². The summed E-state index contributed by atoms with van der Waals surface area (Å²) in [5, 5.41) is 20.7. The Morgan fingerprint density at radius 2 is 1.79 bits per heavy atom. The van der Waals surface area contributed by atoms with E-state index in [0.717, 1.165) is 57.7 Å². The van der Waals surface area contributed by atoms with Crippen LogP contribution in [0.5, 0.6) is 0 Å². The van der Waals surface area contributed by atoms with Crippen LogP contribution in [-0.4, -0.2) is 70.5 Å². The Morgan fingerprint density at radius 3 is 2.42 bits per heavy atom. The second kappa shape index (κ2) is 7.22.